The molecule has 1 fully saturated rings. The molecule has 1 aliphatic carbocycles. The average molecular weight is 216 g/mol. The highest BCUT2D eigenvalue weighted by Gasteiger charge is 2.17. The summed E-state index contributed by atoms with van der Waals surface area (Å²) in [7, 11) is 0. The summed E-state index contributed by atoms with van der Waals surface area (Å²) in [6.45, 7) is 2.32. The molecule has 86 valence electrons. The van der Waals surface area contributed by atoms with Crippen molar-refractivity contribution in [3.63, 3.8) is 0 Å². The molecule has 2 nitrogen and oxygen atoms in total. The number of nitrogens with two attached hydrogens (primary N) is 1. The van der Waals surface area contributed by atoms with Gasteiger partial charge < -0.3 is 5.73 Å². The van der Waals surface area contributed by atoms with Crippen molar-refractivity contribution in [2.24, 2.45) is 16.6 Å². The number of amidine groups is 1. The Balaban J connectivity index is 2.02. The van der Waals surface area contributed by atoms with Gasteiger partial charge in [-0.05, 0) is 31.6 Å². The highest BCUT2D eigenvalue weighted by atomic mass is 14.9. The number of rotatable bonds is 2. The fourth-order valence-electron chi connectivity index (χ4n) is 2.25. The normalized spacial score (nSPS) is 26.7. The van der Waals surface area contributed by atoms with Crippen LogP contribution in [0.15, 0.2) is 35.3 Å². The topological polar surface area (TPSA) is 38.4 Å². The molecule has 16 heavy (non-hydrogen) atoms. The molecule has 0 aromatic heterocycles. The van der Waals surface area contributed by atoms with Crippen LogP contribution in [-0.4, -0.2) is 11.9 Å². The lowest BCUT2D eigenvalue weighted by Crippen LogP contribution is -2.21. The van der Waals surface area contributed by atoms with Crippen molar-refractivity contribution in [2.45, 2.75) is 38.6 Å². The quantitative estimate of drug-likeness (QED) is 0.599. The highest BCUT2D eigenvalue weighted by Crippen LogP contribution is 2.25. The largest absolute Gasteiger partial charge is 0.383 e. The van der Waals surface area contributed by atoms with Gasteiger partial charge in [-0.1, -0.05) is 37.3 Å². The minimum Gasteiger partial charge on any atom is -0.383 e. The lowest BCUT2D eigenvalue weighted by molar-refractivity contribution is 0.349. The molecular formula is C14H20N2. The fourth-order valence-corrected chi connectivity index (χ4v) is 2.25. The predicted molar refractivity (Wildman–Crippen MR) is 68.6 cm³/mol. The zero-order valence-corrected chi connectivity index (χ0v) is 9.89. The van der Waals surface area contributed by atoms with Gasteiger partial charge in [-0.25, -0.2) is 0 Å². The minimum absolute atomic E-state index is 0.441. The zero-order chi connectivity index (χ0) is 11.4. The van der Waals surface area contributed by atoms with Gasteiger partial charge in [0.15, 0.2) is 0 Å². The van der Waals surface area contributed by atoms with Crippen molar-refractivity contribution < 1.29 is 0 Å². The molecule has 0 unspecified atom stereocenters. The molecule has 0 amide bonds. The third kappa shape index (κ3) is 2.84. The third-order valence-electron chi connectivity index (χ3n) is 3.38. The van der Waals surface area contributed by atoms with E-state index >= 15 is 0 Å². The van der Waals surface area contributed by atoms with Crippen molar-refractivity contribution in [3.8, 4) is 0 Å². The second-order valence-corrected chi connectivity index (χ2v) is 4.79. The van der Waals surface area contributed by atoms with Gasteiger partial charge >= 0.3 is 0 Å². The minimum atomic E-state index is 0.441. The van der Waals surface area contributed by atoms with E-state index in [2.05, 4.69) is 11.9 Å². The van der Waals surface area contributed by atoms with E-state index in [0.29, 0.717) is 11.9 Å². The Morgan fingerprint density at radius 3 is 2.38 bits per heavy atom. The summed E-state index contributed by atoms with van der Waals surface area (Å²) in [6, 6.07) is 10.5. The summed E-state index contributed by atoms with van der Waals surface area (Å²) in [5.74, 6) is 1.56. The zero-order valence-electron chi connectivity index (χ0n) is 9.89. The first-order valence-electron chi connectivity index (χ1n) is 6.14. The molecule has 1 aromatic carbocycles. The standard InChI is InChI=1S/C14H20N2/c1-11-7-9-13(10-8-11)16-14(15)12-5-3-2-4-6-12/h2-6,11,13H,7-10H2,1H3,(H2,15,16). The van der Waals surface area contributed by atoms with E-state index in [1.54, 1.807) is 0 Å². The molecule has 0 radical (unpaired) electrons. The first kappa shape index (κ1) is 11.2. The highest BCUT2D eigenvalue weighted by molar-refractivity contribution is 5.97. The van der Waals surface area contributed by atoms with Gasteiger partial charge in [0, 0.05) is 5.56 Å². The summed E-state index contributed by atoms with van der Waals surface area (Å²) in [5, 5.41) is 0. The van der Waals surface area contributed by atoms with Gasteiger partial charge in [-0.2, -0.15) is 0 Å². The maximum absolute atomic E-state index is 6.01. The van der Waals surface area contributed by atoms with E-state index in [0.717, 1.165) is 11.5 Å². The Hall–Kier alpha value is -1.31. The predicted octanol–water partition coefficient (Wildman–Crippen LogP) is 2.97. The molecule has 1 saturated carbocycles. The van der Waals surface area contributed by atoms with Crippen LogP contribution < -0.4 is 5.73 Å². The number of hydrogen-bond donors (Lipinski definition) is 1. The molecule has 1 aromatic rings. The van der Waals surface area contributed by atoms with Crippen molar-refractivity contribution in [1.82, 2.24) is 0 Å². The second kappa shape index (κ2) is 5.15. The summed E-state index contributed by atoms with van der Waals surface area (Å²) in [5.41, 5.74) is 7.05. The molecule has 0 aliphatic heterocycles. The van der Waals surface area contributed by atoms with Crippen molar-refractivity contribution in [1.29, 1.82) is 0 Å². The molecule has 0 saturated heterocycles. The maximum Gasteiger partial charge on any atom is 0.125 e. The molecular weight excluding hydrogens is 196 g/mol. The fraction of sp³-hybridized carbons (Fsp3) is 0.500. The van der Waals surface area contributed by atoms with Gasteiger partial charge in [0.05, 0.1) is 6.04 Å². The van der Waals surface area contributed by atoms with E-state index in [1.165, 1.54) is 25.7 Å². The van der Waals surface area contributed by atoms with Crippen LogP contribution in [0.25, 0.3) is 0 Å². The molecule has 0 heterocycles. The van der Waals surface area contributed by atoms with Crippen LogP contribution in [0.3, 0.4) is 0 Å². The number of aliphatic imine (C=N–C) groups is 1. The van der Waals surface area contributed by atoms with Gasteiger partial charge in [0.25, 0.3) is 0 Å². The van der Waals surface area contributed by atoms with Gasteiger partial charge in [-0.3, -0.25) is 4.99 Å². The Bertz CT molecular complexity index is 348. The second-order valence-electron chi connectivity index (χ2n) is 4.79. The Morgan fingerprint density at radius 1 is 1.12 bits per heavy atom. The van der Waals surface area contributed by atoms with Crippen LogP contribution >= 0.6 is 0 Å². The van der Waals surface area contributed by atoms with Gasteiger partial charge in [0.1, 0.15) is 5.84 Å². The van der Waals surface area contributed by atoms with Crippen molar-refractivity contribution in [2.75, 3.05) is 0 Å². The Labute approximate surface area is 97.6 Å². The van der Waals surface area contributed by atoms with Gasteiger partial charge in [-0.15, -0.1) is 0 Å². The van der Waals surface area contributed by atoms with Crippen LogP contribution in [0.5, 0.6) is 0 Å². The van der Waals surface area contributed by atoms with Crippen molar-refractivity contribution >= 4 is 5.84 Å². The number of benzene rings is 1. The van der Waals surface area contributed by atoms with Crippen LogP contribution in [0.4, 0.5) is 0 Å². The average Bonchev–Trinajstić information content (AvgIpc) is 2.33. The monoisotopic (exact) mass is 216 g/mol. The third-order valence-corrected chi connectivity index (χ3v) is 3.38. The summed E-state index contributed by atoms with van der Waals surface area (Å²) in [6.07, 6.45) is 4.95. The summed E-state index contributed by atoms with van der Waals surface area (Å²) < 4.78 is 0. The lowest BCUT2D eigenvalue weighted by Gasteiger charge is -2.23. The molecule has 0 spiro atoms. The summed E-state index contributed by atoms with van der Waals surface area (Å²) in [4.78, 5) is 4.64. The van der Waals surface area contributed by atoms with Crippen molar-refractivity contribution in [3.05, 3.63) is 35.9 Å². The Morgan fingerprint density at radius 2 is 1.75 bits per heavy atom. The van der Waals surface area contributed by atoms with E-state index in [1.807, 2.05) is 30.3 Å². The molecule has 2 heteroatoms. The van der Waals surface area contributed by atoms with Crippen LogP contribution in [0, 0.1) is 5.92 Å². The van der Waals surface area contributed by atoms with E-state index in [4.69, 9.17) is 5.73 Å². The van der Waals surface area contributed by atoms with Crippen LogP contribution in [0.1, 0.15) is 38.2 Å². The molecule has 0 atom stereocenters. The first-order valence-corrected chi connectivity index (χ1v) is 6.14. The van der Waals surface area contributed by atoms with Crippen LogP contribution in [0.2, 0.25) is 0 Å². The first-order chi connectivity index (χ1) is 7.75. The van der Waals surface area contributed by atoms with E-state index < -0.39 is 0 Å². The number of nitrogens with zero attached hydrogens (tertiary/aromatic N) is 1. The maximum atomic E-state index is 6.01. The van der Waals surface area contributed by atoms with Crippen LogP contribution in [-0.2, 0) is 0 Å². The molecule has 1 aliphatic rings. The smallest absolute Gasteiger partial charge is 0.125 e. The molecule has 0 bridgehead atoms. The van der Waals surface area contributed by atoms with Gasteiger partial charge in [0.2, 0.25) is 0 Å². The SMILES string of the molecule is CC1CCC(N=C(N)c2ccccc2)CC1. The molecule has 2 rings (SSSR count). The Kier molecular flexibility index (Phi) is 3.60. The van der Waals surface area contributed by atoms with E-state index in [-0.39, 0.29) is 0 Å². The summed E-state index contributed by atoms with van der Waals surface area (Å²) >= 11 is 0. The van der Waals surface area contributed by atoms with E-state index in [9.17, 15) is 0 Å². The lowest BCUT2D eigenvalue weighted by atomic mass is 9.88. The molecule has 2 N–H and O–H groups in total. The number of hydrogen-bond acceptors (Lipinski definition) is 1.